The number of hydrogen-bond donors (Lipinski definition) is 0. The van der Waals surface area contributed by atoms with Crippen molar-refractivity contribution in [3.8, 4) is 0 Å². The van der Waals surface area contributed by atoms with Gasteiger partial charge in [-0.15, -0.1) is 0 Å². The van der Waals surface area contributed by atoms with E-state index in [-0.39, 0.29) is 13.4 Å². The molecule has 9 aromatic carbocycles. The summed E-state index contributed by atoms with van der Waals surface area (Å²) in [7, 11) is 0. The van der Waals surface area contributed by atoms with Crippen LogP contribution in [-0.2, 0) is 0 Å². The van der Waals surface area contributed by atoms with Crippen molar-refractivity contribution in [3.05, 3.63) is 194 Å². The maximum Gasteiger partial charge on any atom is 0.252 e. The summed E-state index contributed by atoms with van der Waals surface area (Å²) in [6, 6.07) is 71.5. The molecule has 0 radical (unpaired) electrons. The van der Waals surface area contributed by atoms with Gasteiger partial charge < -0.3 is 24.0 Å². The minimum absolute atomic E-state index is 0.000122. The molecule has 0 unspecified atom stereocenters. The van der Waals surface area contributed by atoms with Crippen LogP contribution in [0.3, 0.4) is 0 Å². The maximum atomic E-state index is 6.94. The molecule has 61 heavy (non-hydrogen) atoms. The zero-order chi connectivity index (χ0) is 39.5. The van der Waals surface area contributed by atoms with Gasteiger partial charge in [0.2, 0.25) is 0 Å². The molecule has 0 saturated heterocycles. The van der Waals surface area contributed by atoms with Crippen molar-refractivity contribution in [1.82, 2.24) is 0 Å². The Bertz CT molecular complexity index is 3540. The van der Waals surface area contributed by atoms with Crippen molar-refractivity contribution in [2.45, 2.75) is 0 Å². The van der Waals surface area contributed by atoms with E-state index in [1.54, 1.807) is 0 Å². The van der Waals surface area contributed by atoms with Gasteiger partial charge in [-0.05, 0) is 106 Å². The van der Waals surface area contributed by atoms with Crippen LogP contribution in [0.2, 0.25) is 0 Å². The van der Waals surface area contributed by atoms with Gasteiger partial charge >= 0.3 is 0 Å². The first-order chi connectivity index (χ1) is 30.3. The van der Waals surface area contributed by atoms with E-state index in [1.807, 2.05) is 0 Å². The molecule has 5 aliphatic rings. The van der Waals surface area contributed by atoms with E-state index in [1.165, 1.54) is 78.3 Å². The van der Waals surface area contributed by atoms with Crippen LogP contribution < -0.4 is 52.4 Å². The molecule has 15 rings (SSSR count). The number of hydrogen-bond acceptors (Lipinski definition) is 5. The number of benzene rings is 9. The second kappa shape index (κ2) is 11.4. The van der Waals surface area contributed by atoms with Crippen molar-refractivity contribution in [2.24, 2.45) is 0 Å². The Hall–Kier alpha value is -7.89. The summed E-state index contributed by atoms with van der Waals surface area (Å²) in [5.41, 5.74) is 24.0. The fourth-order valence-electron chi connectivity index (χ4n) is 11.7. The summed E-state index contributed by atoms with van der Waals surface area (Å²) in [6.07, 6.45) is 0. The van der Waals surface area contributed by atoms with Crippen LogP contribution >= 0.6 is 0 Å². The Morgan fingerprint density at radius 3 is 1.46 bits per heavy atom. The normalized spacial score (nSPS) is 14.4. The SMILES string of the molecule is c1ccc(N2c3ccccc3B3c4cccc5c4N4c6c3c2cc2c6B(c3ccccc3N2c2ccccc2)c2cc3oc6ccccc6c3c(c24)N5c2ccccc2)cc1. The Balaban J connectivity index is 1.18. The average molecular weight is 775 g/mol. The van der Waals surface area contributed by atoms with E-state index in [9.17, 15) is 0 Å². The zero-order valence-corrected chi connectivity index (χ0v) is 32.8. The van der Waals surface area contributed by atoms with E-state index < -0.39 is 0 Å². The third-order valence-corrected chi connectivity index (χ3v) is 13.9. The molecule has 7 heteroatoms. The highest BCUT2D eigenvalue weighted by Crippen LogP contribution is 2.60. The second-order valence-electron chi connectivity index (χ2n) is 16.8. The maximum absolute atomic E-state index is 6.94. The summed E-state index contributed by atoms with van der Waals surface area (Å²) < 4.78 is 6.94. The van der Waals surface area contributed by atoms with Gasteiger partial charge in [0.25, 0.3) is 13.4 Å². The number of anilines is 12. The van der Waals surface area contributed by atoms with E-state index in [0.29, 0.717) is 0 Å². The molecule has 0 N–H and O–H groups in total. The fraction of sp³-hybridized carbons (Fsp3) is 0. The lowest BCUT2D eigenvalue weighted by Crippen LogP contribution is -2.69. The van der Waals surface area contributed by atoms with Gasteiger partial charge in [0, 0.05) is 50.9 Å². The Morgan fingerprint density at radius 2 is 0.820 bits per heavy atom. The zero-order valence-electron chi connectivity index (χ0n) is 32.8. The monoisotopic (exact) mass is 774 g/mol. The summed E-state index contributed by atoms with van der Waals surface area (Å²) in [5.74, 6) is 0. The van der Waals surface area contributed by atoms with Gasteiger partial charge in [0.1, 0.15) is 11.2 Å². The first kappa shape index (κ1) is 32.0. The summed E-state index contributed by atoms with van der Waals surface area (Å²) in [5, 5.41) is 2.26. The van der Waals surface area contributed by atoms with Gasteiger partial charge in [0.05, 0.1) is 28.1 Å². The molecule has 6 heterocycles. The minimum Gasteiger partial charge on any atom is -0.456 e. The lowest BCUT2D eigenvalue weighted by molar-refractivity contribution is 0.669. The van der Waals surface area contributed by atoms with Crippen molar-refractivity contribution >= 4 is 136 Å². The van der Waals surface area contributed by atoms with Crippen molar-refractivity contribution in [3.63, 3.8) is 0 Å². The predicted octanol–water partition coefficient (Wildman–Crippen LogP) is 10.1. The minimum atomic E-state index is -0.0681. The quantitative estimate of drug-likeness (QED) is 0.167. The largest absolute Gasteiger partial charge is 0.456 e. The van der Waals surface area contributed by atoms with Gasteiger partial charge in [-0.1, -0.05) is 121 Å². The molecule has 5 nitrogen and oxygen atoms in total. The lowest BCUT2D eigenvalue weighted by Gasteiger charge is -2.54. The summed E-state index contributed by atoms with van der Waals surface area (Å²) in [6.45, 7) is -0.0682. The van der Waals surface area contributed by atoms with Crippen LogP contribution in [0.25, 0.3) is 21.9 Å². The van der Waals surface area contributed by atoms with Gasteiger partial charge in [-0.25, -0.2) is 0 Å². The molecular formula is C54H32B2N4O. The van der Waals surface area contributed by atoms with E-state index in [4.69, 9.17) is 4.42 Å². The Kier molecular flexibility index (Phi) is 6.00. The molecule has 0 saturated carbocycles. The molecule has 0 aliphatic carbocycles. The standard InChI is InChI=1S/C54H32B2N4O/c1-4-17-33(18-5-1)57-41-27-13-11-24-37(41)55-39-26-16-29-43-51(39)60-52-40(31-47-48(36-23-10-15-30-46(36)61-47)53(52)59(43)35-21-8-3-9-22-35)56-38-25-12-14-28-42(38)58(34-19-6-2-7-20-34)45-32-44(57)49(55)54(60)50(45)56/h1-32H. The van der Waals surface area contributed by atoms with Crippen molar-refractivity contribution in [2.75, 3.05) is 19.6 Å². The first-order valence-electron chi connectivity index (χ1n) is 21.2. The second-order valence-corrected chi connectivity index (χ2v) is 16.8. The smallest absolute Gasteiger partial charge is 0.252 e. The molecule has 0 amide bonds. The van der Waals surface area contributed by atoms with Gasteiger partial charge in [-0.2, -0.15) is 0 Å². The molecule has 0 fully saturated rings. The first-order valence-corrected chi connectivity index (χ1v) is 21.2. The lowest BCUT2D eigenvalue weighted by atomic mass is 9.28. The number of rotatable bonds is 3. The number of nitrogens with zero attached hydrogens (tertiary/aromatic N) is 4. The number of furan rings is 1. The predicted molar refractivity (Wildman–Crippen MR) is 255 cm³/mol. The Morgan fingerprint density at radius 1 is 0.311 bits per heavy atom. The number of para-hydroxylation sites is 7. The van der Waals surface area contributed by atoms with E-state index >= 15 is 0 Å². The molecule has 10 aromatic rings. The van der Waals surface area contributed by atoms with E-state index in [2.05, 4.69) is 214 Å². The highest BCUT2D eigenvalue weighted by Gasteiger charge is 2.55. The molecule has 280 valence electrons. The molecule has 0 spiro atoms. The third-order valence-electron chi connectivity index (χ3n) is 13.9. The summed E-state index contributed by atoms with van der Waals surface area (Å²) >= 11 is 0. The van der Waals surface area contributed by atoms with E-state index in [0.717, 1.165) is 44.7 Å². The average Bonchev–Trinajstić information content (AvgIpc) is 3.70. The van der Waals surface area contributed by atoms with Crippen LogP contribution in [0.15, 0.2) is 199 Å². The summed E-state index contributed by atoms with van der Waals surface area (Å²) in [4.78, 5) is 10.3. The fourth-order valence-corrected chi connectivity index (χ4v) is 11.7. The molecule has 5 aliphatic heterocycles. The van der Waals surface area contributed by atoms with Crippen LogP contribution in [0.4, 0.5) is 68.2 Å². The highest BCUT2D eigenvalue weighted by molar-refractivity contribution is 7.05. The molecule has 0 atom stereocenters. The topological polar surface area (TPSA) is 26.1 Å². The molecule has 0 bridgehead atoms. The van der Waals surface area contributed by atoms with Crippen LogP contribution in [0.5, 0.6) is 0 Å². The van der Waals surface area contributed by atoms with Gasteiger partial charge in [-0.3, -0.25) is 0 Å². The Labute approximate surface area is 353 Å². The van der Waals surface area contributed by atoms with Crippen molar-refractivity contribution < 1.29 is 4.42 Å². The molecular weight excluding hydrogens is 742 g/mol. The number of fused-ring (bicyclic) bond motifs is 10. The van der Waals surface area contributed by atoms with Crippen LogP contribution in [0.1, 0.15) is 0 Å². The third kappa shape index (κ3) is 3.90. The van der Waals surface area contributed by atoms with Crippen molar-refractivity contribution in [1.29, 1.82) is 0 Å². The van der Waals surface area contributed by atoms with Crippen LogP contribution in [-0.4, -0.2) is 13.4 Å². The van der Waals surface area contributed by atoms with Crippen LogP contribution in [0, 0.1) is 0 Å². The van der Waals surface area contributed by atoms with Gasteiger partial charge in [0.15, 0.2) is 0 Å². The highest BCUT2D eigenvalue weighted by atomic mass is 16.3. The molecule has 1 aromatic heterocycles.